The summed E-state index contributed by atoms with van der Waals surface area (Å²) in [6.07, 6.45) is -3.40. The number of halogens is 3. The van der Waals surface area contributed by atoms with Gasteiger partial charge >= 0.3 is 6.18 Å². The van der Waals surface area contributed by atoms with Crippen LogP contribution in [-0.4, -0.2) is 28.6 Å². The van der Waals surface area contributed by atoms with Crippen LogP contribution in [0.15, 0.2) is 36.5 Å². The Morgan fingerprint density at radius 1 is 1.36 bits per heavy atom. The van der Waals surface area contributed by atoms with Crippen molar-refractivity contribution in [2.45, 2.75) is 13.1 Å². The highest BCUT2D eigenvalue weighted by molar-refractivity contribution is 6.06. The van der Waals surface area contributed by atoms with Gasteiger partial charge in [-0.2, -0.15) is 13.2 Å². The first-order chi connectivity index (χ1) is 11.7. The molecule has 0 saturated heterocycles. The van der Waals surface area contributed by atoms with Crippen molar-refractivity contribution in [3.8, 4) is 5.88 Å². The molecule has 10 heteroatoms. The number of ether oxygens (including phenoxy) is 1. The molecule has 0 saturated carbocycles. The van der Waals surface area contributed by atoms with Crippen LogP contribution in [-0.2, 0) is 0 Å². The van der Waals surface area contributed by atoms with Crippen LogP contribution < -0.4 is 10.1 Å². The van der Waals surface area contributed by atoms with Gasteiger partial charge in [-0.25, -0.2) is 4.98 Å². The van der Waals surface area contributed by atoms with Crippen LogP contribution in [0.25, 0.3) is 0 Å². The fourth-order valence-corrected chi connectivity index (χ4v) is 1.88. The van der Waals surface area contributed by atoms with Crippen molar-refractivity contribution in [2.24, 2.45) is 0 Å². The zero-order chi connectivity index (χ0) is 18.6. The maximum atomic E-state index is 12.3. The van der Waals surface area contributed by atoms with Gasteiger partial charge in [0.05, 0.1) is 10.6 Å². The smallest absolute Gasteiger partial charge is 0.422 e. The molecule has 0 unspecified atom stereocenters. The Bertz CT molecular complexity index is 809. The Kier molecular flexibility index (Phi) is 5.20. The lowest BCUT2D eigenvalue weighted by Gasteiger charge is -2.12. The first kappa shape index (κ1) is 18.2. The number of amides is 1. The number of pyridine rings is 1. The van der Waals surface area contributed by atoms with Gasteiger partial charge in [-0.05, 0) is 24.6 Å². The number of benzene rings is 1. The summed E-state index contributed by atoms with van der Waals surface area (Å²) in [5.74, 6) is -1.28. The van der Waals surface area contributed by atoms with E-state index >= 15 is 0 Å². The highest BCUT2D eigenvalue weighted by Gasteiger charge is 2.29. The third-order valence-electron chi connectivity index (χ3n) is 3.07. The number of anilines is 1. The van der Waals surface area contributed by atoms with E-state index < -0.39 is 29.5 Å². The van der Waals surface area contributed by atoms with Crippen LogP contribution in [0.2, 0.25) is 0 Å². The van der Waals surface area contributed by atoms with Gasteiger partial charge in [0.15, 0.2) is 6.61 Å². The summed E-state index contributed by atoms with van der Waals surface area (Å²) in [5.41, 5.74) is 0.240. The molecule has 0 radical (unpaired) electrons. The predicted octanol–water partition coefficient (Wildman–Crippen LogP) is 3.49. The summed E-state index contributed by atoms with van der Waals surface area (Å²) in [6.45, 7) is 0.0176. The average Bonchev–Trinajstić information content (AvgIpc) is 2.54. The monoisotopic (exact) mass is 355 g/mol. The summed E-state index contributed by atoms with van der Waals surface area (Å²) in [6, 6.07) is 6.46. The topological polar surface area (TPSA) is 94.4 Å². The number of hydrogen-bond donors (Lipinski definition) is 1. The second-order valence-electron chi connectivity index (χ2n) is 4.97. The molecular formula is C15H12F3N3O4. The number of alkyl halides is 3. The molecule has 25 heavy (non-hydrogen) atoms. The molecule has 0 aliphatic heterocycles. The Morgan fingerprint density at radius 3 is 2.72 bits per heavy atom. The van der Waals surface area contributed by atoms with Crippen LogP contribution in [0.1, 0.15) is 15.9 Å². The van der Waals surface area contributed by atoms with Crippen molar-refractivity contribution in [1.29, 1.82) is 0 Å². The summed E-state index contributed by atoms with van der Waals surface area (Å²) in [7, 11) is 0. The predicted molar refractivity (Wildman–Crippen MR) is 81.6 cm³/mol. The lowest BCUT2D eigenvalue weighted by molar-refractivity contribution is -0.384. The second kappa shape index (κ2) is 7.16. The van der Waals surface area contributed by atoms with E-state index in [-0.39, 0.29) is 16.9 Å². The van der Waals surface area contributed by atoms with Crippen molar-refractivity contribution in [3.63, 3.8) is 0 Å². The van der Waals surface area contributed by atoms with E-state index in [9.17, 15) is 28.1 Å². The summed E-state index contributed by atoms with van der Waals surface area (Å²) >= 11 is 0. The normalized spacial score (nSPS) is 11.0. The van der Waals surface area contributed by atoms with Crippen molar-refractivity contribution < 1.29 is 27.6 Å². The number of aromatic nitrogens is 1. The second-order valence-corrected chi connectivity index (χ2v) is 4.97. The molecule has 1 heterocycles. The minimum absolute atomic E-state index is 0.157. The molecule has 7 nitrogen and oxygen atoms in total. The lowest BCUT2D eigenvalue weighted by atomic mass is 10.1. The summed E-state index contributed by atoms with van der Waals surface area (Å²) < 4.78 is 41.4. The number of rotatable bonds is 5. The summed E-state index contributed by atoms with van der Waals surface area (Å²) in [4.78, 5) is 26.1. The maximum Gasteiger partial charge on any atom is 0.422 e. The van der Waals surface area contributed by atoms with Crippen molar-refractivity contribution >= 4 is 17.3 Å². The van der Waals surface area contributed by atoms with Crippen LogP contribution in [0.4, 0.5) is 24.5 Å². The van der Waals surface area contributed by atoms with Gasteiger partial charge in [-0.3, -0.25) is 14.9 Å². The average molecular weight is 355 g/mol. The molecule has 2 rings (SSSR count). The van der Waals surface area contributed by atoms with Crippen molar-refractivity contribution in [2.75, 3.05) is 11.9 Å². The molecular weight excluding hydrogens is 343 g/mol. The molecule has 1 aromatic heterocycles. The molecule has 0 bridgehead atoms. The number of nitro benzene ring substituents is 1. The number of nitro groups is 1. The highest BCUT2D eigenvalue weighted by atomic mass is 19.4. The minimum atomic E-state index is -4.58. The number of nitrogens with one attached hydrogen (secondary N) is 1. The molecule has 0 aliphatic carbocycles. The Hall–Kier alpha value is -3.17. The number of carbonyl (C=O) groups is 1. The van der Waals surface area contributed by atoms with Crippen LogP contribution in [0, 0.1) is 17.0 Å². The van der Waals surface area contributed by atoms with Crippen LogP contribution in [0.5, 0.6) is 5.88 Å². The third-order valence-corrected chi connectivity index (χ3v) is 3.07. The Labute approximate surface area is 139 Å². The number of hydrogen-bond acceptors (Lipinski definition) is 5. The molecule has 1 aromatic carbocycles. The van der Waals surface area contributed by atoms with E-state index in [4.69, 9.17) is 0 Å². The Balaban J connectivity index is 2.24. The number of non-ortho nitro benzene ring substituents is 1. The lowest BCUT2D eigenvalue weighted by Crippen LogP contribution is -2.22. The third kappa shape index (κ3) is 4.90. The molecule has 0 atom stereocenters. The van der Waals surface area contributed by atoms with E-state index in [1.807, 2.05) is 0 Å². The van der Waals surface area contributed by atoms with Gasteiger partial charge in [-0.15, -0.1) is 0 Å². The number of nitrogens with zero attached hydrogens (tertiary/aromatic N) is 2. The number of aryl methyl sites for hydroxylation is 1. The zero-order valence-electron chi connectivity index (χ0n) is 12.8. The fourth-order valence-electron chi connectivity index (χ4n) is 1.88. The standard InChI is InChI=1S/C15H12F3N3O4/c1-9-4-5-10(21(23)24)7-12(9)20-13(22)11-3-2-6-19-14(11)25-8-15(16,17)18/h2-7H,8H2,1H3,(H,20,22). The van der Waals surface area contributed by atoms with E-state index in [0.717, 1.165) is 6.07 Å². The fraction of sp³-hybridized carbons (Fsp3) is 0.200. The molecule has 2 aromatic rings. The first-order valence-corrected chi connectivity index (χ1v) is 6.88. The van der Waals surface area contributed by atoms with E-state index in [2.05, 4.69) is 15.0 Å². The molecule has 1 N–H and O–H groups in total. The summed E-state index contributed by atoms with van der Waals surface area (Å²) in [5, 5.41) is 13.2. The van der Waals surface area contributed by atoms with Gasteiger partial charge in [0.1, 0.15) is 5.56 Å². The largest absolute Gasteiger partial charge is 0.467 e. The van der Waals surface area contributed by atoms with Crippen molar-refractivity contribution in [3.05, 3.63) is 57.8 Å². The highest BCUT2D eigenvalue weighted by Crippen LogP contribution is 2.24. The van der Waals surface area contributed by atoms with Gasteiger partial charge in [0.2, 0.25) is 5.88 Å². The molecule has 0 spiro atoms. The van der Waals surface area contributed by atoms with E-state index in [1.165, 1.54) is 30.5 Å². The van der Waals surface area contributed by atoms with E-state index in [1.54, 1.807) is 6.92 Å². The van der Waals surface area contributed by atoms with Crippen LogP contribution >= 0.6 is 0 Å². The van der Waals surface area contributed by atoms with Gasteiger partial charge in [0, 0.05) is 18.3 Å². The minimum Gasteiger partial charge on any atom is -0.467 e. The molecule has 1 amide bonds. The van der Waals surface area contributed by atoms with E-state index in [0.29, 0.717) is 5.56 Å². The van der Waals surface area contributed by atoms with Crippen LogP contribution in [0.3, 0.4) is 0 Å². The molecule has 132 valence electrons. The SMILES string of the molecule is Cc1ccc([N+](=O)[O-])cc1NC(=O)c1cccnc1OCC(F)(F)F. The van der Waals surface area contributed by atoms with Gasteiger partial charge < -0.3 is 10.1 Å². The molecule has 0 aliphatic rings. The van der Waals surface area contributed by atoms with Gasteiger partial charge in [-0.1, -0.05) is 6.07 Å². The number of carbonyl (C=O) groups excluding carboxylic acids is 1. The molecule has 0 fully saturated rings. The first-order valence-electron chi connectivity index (χ1n) is 6.88. The Morgan fingerprint density at radius 2 is 2.08 bits per heavy atom. The van der Waals surface area contributed by atoms with Crippen molar-refractivity contribution in [1.82, 2.24) is 4.98 Å². The quantitative estimate of drug-likeness (QED) is 0.654. The van der Waals surface area contributed by atoms with Gasteiger partial charge in [0.25, 0.3) is 11.6 Å². The zero-order valence-corrected chi connectivity index (χ0v) is 12.8. The maximum absolute atomic E-state index is 12.3.